The number of ether oxygens (including phenoxy) is 1. The van der Waals surface area contributed by atoms with Crippen molar-refractivity contribution < 1.29 is 14.6 Å². The first-order chi connectivity index (χ1) is 12.3. The molecule has 3 heterocycles. The van der Waals surface area contributed by atoms with Crippen LogP contribution in [-0.4, -0.2) is 61.1 Å². The Labute approximate surface area is 156 Å². The highest BCUT2D eigenvalue weighted by atomic mass is 79.9. The Morgan fingerprint density at radius 3 is 2.77 bits per heavy atom. The van der Waals surface area contributed by atoms with Gasteiger partial charge in [0.15, 0.2) is 28.3 Å². The number of amides is 1. The molecule has 0 fully saturated rings. The van der Waals surface area contributed by atoms with Gasteiger partial charge in [0, 0.05) is 26.4 Å². The average Bonchev–Trinajstić information content (AvgIpc) is 2.90. The molecule has 0 unspecified atom stereocenters. The van der Waals surface area contributed by atoms with Gasteiger partial charge in [-0.05, 0) is 21.5 Å². The van der Waals surface area contributed by atoms with E-state index in [1.165, 1.54) is 4.90 Å². The van der Waals surface area contributed by atoms with Crippen LogP contribution in [0.2, 0.25) is 0 Å². The number of nitrogens with two attached hydrogens (primary N) is 1. The summed E-state index contributed by atoms with van der Waals surface area (Å²) in [5.74, 6) is 0.295. The molecule has 0 radical (unpaired) electrons. The molecule has 11 heteroatoms. The van der Waals surface area contributed by atoms with Gasteiger partial charge in [0.2, 0.25) is 5.88 Å². The van der Waals surface area contributed by atoms with Crippen LogP contribution in [-0.2, 0) is 11.3 Å². The molecule has 0 saturated heterocycles. The lowest BCUT2D eigenvalue weighted by Crippen LogP contribution is -2.27. The zero-order chi connectivity index (χ0) is 18.8. The maximum absolute atomic E-state index is 11.5. The third-order valence-corrected chi connectivity index (χ3v) is 4.15. The molecule has 0 spiro atoms. The van der Waals surface area contributed by atoms with E-state index < -0.39 is 6.01 Å². The van der Waals surface area contributed by atoms with Crippen LogP contribution in [0.5, 0.6) is 11.9 Å². The molecule has 136 valence electrons. The van der Waals surface area contributed by atoms with E-state index in [4.69, 9.17) is 10.5 Å². The minimum atomic E-state index is -0.420. The summed E-state index contributed by atoms with van der Waals surface area (Å²) < 4.78 is 7.56. The molecule has 0 aliphatic heterocycles. The summed E-state index contributed by atoms with van der Waals surface area (Å²) in [6.07, 6.45) is 1.62. The largest absolute Gasteiger partial charge is 0.479 e. The van der Waals surface area contributed by atoms with Crippen molar-refractivity contribution in [3.8, 4) is 11.9 Å². The zero-order valence-electron chi connectivity index (χ0n) is 14.0. The van der Waals surface area contributed by atoms with Crippen molar-refractivity contribution in [1.82, 2.24) is 29.4 Å². The minimum absolute atomic E-state index is 0.0769. The molecule has 3 N–H and O–H groups in total. The Morgan fingerprint density at radius 1 is 1.35 bits per heavy atom. The highest BCUT2D eigenvalue weighted by molar-refractivity contribution is 9.10. The van der Waals surface area contributed by atoms with Gasteiger partial charge < -0.3 is 20.5 Å². The molecule has 10 nitrogen and oxygen atoms in total. The van der Waals surface area contributed by atoms with E-state index in [0.717, 1.165) is 5.56 Å². The van der Waals surface area contributed by atoms with E-state index in [1.54, 1.807) is 30.9 Å². The van der Waals surface area contributed by atoms with Crippen molar-refractivity contribution in [1.29, 1.82) is 0 Å². The van der Waals surface area contributed by atoms with Gasteiger partial charge >= 0.3 is 6.01 Å². The number of carbonyl (C=O) groups excluding carboxylic acids is 1. The van der Waals surface area contributed by atoms with Gasteiger partial charge in [-0.2, -0.15) is 9.97 Å². The fourth-order valence-electron chi connectivity index (χ4n) is 2.16. The van der Waals surface area contributed by atoms with Crippen LogP contribution in [0.1, 0.15) is 5.56 Å². The first kappa shape index (κ1) is 17.9. The number of aromatic hydroxyl groups is 1. The predicted octanol–water partition coefficient (Wildman–Crippen LogP) is 0.787. The van der Waals surface area contributed by atoms with E-state index in [0.29, 0.717) is 28.3 Å². The topological polar surface area (TPSA) is 132 Å². The van der Waals surface area contributed by atoms with Gasteiger partial charge in [-0.3, -0.25) is 9.36 Å². The van der Waals surface area contributed by atoms with Gasteiger partial charge in [-0.25, -0.2) is 9.97 Å². The number of hydrogen-bond acceptors (Lipinski definition) is 8. The third kappa shape index (κ3) is 3.67. The van der Waals surface area contributed by atoms with Crippen LogP contribution >= 0.6 is 15.9 Å². The van der Waals surface area contributed by atoms with E-state index in [1.807, 2.05) is 6.07 Å². The summed E-state index contributed by atoms with van der Waals surface area (Å²) in [6, 6.07) is 3.06. The SMILES string of the molecule is CN(C)C(=O)COc1ccc(Cn2c(Br)nc3c(N)nc(O)nc32)cn1. The molecule has 0 atom stereocenters. The van der Waals surface area contributed by atoms with Crippen LogP contribution in [0.15, 0.2) is 23.1 Å². The predicted molar refractivity (Wildman–Crippen MR) is 96.6 cm³/mol. The van der Waals surface area contributed by atoms with Crippen LogP contribution < -0.4 is 10.5 Å². The molecule has 0 bridgehead atoms. The quantitative estimate of drug-likeness (QED) is 0.577. The monoisotopic (exact) mass is 421 g/mol. The molecular weight excluding hydrogens is 406 g/mol. The first-order valence-corrected chi connectivity index (χ1v) is 8.30. The van der Waals surface area contributed by atoms with Gasteiger partial charge in [0.1, 0.15) is 0 Å². The molecule has 1 amide bonds. The molecular formula is C15H16BrN7O3. The molecule has 0 saturated carbocycles. The Kier molecular flexibility index (Phi) is 4.89. The summed E-state index contributed by atoms with van der Waals surface area (Å²) in [7, 11) is 3.31. The number of fused-ring (bicyclic) bond motifs is 1. The van der Waals surface area contributed by atoms with Crippen molar-refractivity contribution >= 4 is 38.8 Å². The van der Waals surface area contributed by atoms with Crippen LogP contribution in [0, 0.1) is 0 Å². The summed E-state index contributed by atoms with van der Waals surface area (Å²) in [5, 5.41) is 9.57. The summed E-state index contributed by atoms with van der Waals surface area (Å²) >= 11 is 3.35. The van der Waals surface area contributed by atoms with Crippen molar-refractivity contribution in [3.63, 3.8) is 0 Å². The fourth-order valence-corrected chi connectivity index (χ4v) is 2.63. The van der Waals surface area contributed by atoms with Crippen LogP contribution in [0.4, 0.5) is 5.82 Å². The lowest BCUT2D eigenvalue weighted by atomic mass is 10.3. The van der Waals surface area contributed by atoms with E-state index in [2.05, 4.69) is 35.9 Å². The van der Waals surface area contributed by atoms with Gasteiger partial charge in [0.05, 0.1) is 6.54 Å². The number of hydrogen-bond donors (Lipinski definition) is 2. The number of nitrogens with zero attached hydrogens (tertiary/aromatic N) is 6. The molecule has 3 aromatic heterocycles. The van der Waals surface area contributed by atoms with E-state index in [9.17, 15) is 9.90 Å². The number of anilines is 1. The fraction of sp³-hybridized carbons (Fsp3) is 0.267. The second-order valence-electron chi connectivity index (χ2n) is 5.63. The highest BCUT2D eigenvalue weighted by Gasteiger charge is 2.15. The Hall–Kier alpha value is -2.95. The normalized spacial score (nSPS) is 10.9. The van der Waals surface area contributed by atoms with Crippen molar-refractivity contribution in [3.05, 3.63) is 28.6 Å². The number of imidazole rings is 1. The number of carbonyl (C=O) groups is 1. The Morgan fingerprint density at radius 2 is 2.12 bits per heavy atom. The lowest BCUT2D eigenvalue weighted by molar-refractivity contribution is -0.130. The van der Waals surface area contributed by atoms with Gasteiger partial charge in [-0.1, -0.05) is 6.07 Å². The molecule has 26 heavy (non-hydrogen) atoms. The van der Waals surface area contributed by atoms with Crippen molar-refractivity contribution in [2.75, 3.05) is 26.4 Å². The standard InChI is InChI=1S/C15H16BrN7O3/c1-22(2)10(24)7-26-9-4-3-8(5-18-9)6-23-13-11(19-14(23)16)12(17)20-15(25)21-13/h3-5H,6-7H2,1-2H3,(H3,17,20,21,25). The molecule has 0 aliphatic carbocycles. The molecule has 0 aromatic carbocycles. The Bertz CT molecular complexity index is 956. The zero-order valence-corrected chi connectivity index (χ0v) is 15.6. The van der Waals surface area contributed by atoms with Crippen LogP contribution in [0.25, 0.3) is 11.2 Å². The van der Waals surface area contributed by atoms with Crippen LogP contribution in [0.3, 0.4) is 0 Å². The average molecular weight is 422 g/mol. The number of likely N-dealkylation sites (N-methyl/N-ethyl adjacent to an activating group) is 1. The maximum Gasteiger partial charge on any atom is 0.317 e. The second kappa shape index (κ2) is 7.12. The maximum atomic E-state index is 11.5. The lowest BCUT2D eigenvalue weighted by Gasteiger charge is -2.11. The van der Waals surface area contributed by atoms with Gasteiger partial charge in [0.25, 0.3) is 5.91 Å². The second-order valence-corrected chi connectivity index (χ2v) is 6.34. The first-order valence-electron chi connectivity index (χ1n) is 7.51. The number of nitrogen functional groups attached to an aromatic ring is 1. The summed E-state index contributed by atoms with van der Waals surface area (Å²) in [4.78, 5) is 29.1. The Balaban J connectivity index is 1.78. The van der Waals surface area contributed by atoms with Crippen molar-refractivity contribution in [2.45, 2.75) is 6.54 Å². The molecule has 3 aromatic rings. The smallest absolute Gasteiger partial charge is 0.317 e. The van der Waals surface area contributed by atoms with E-state index in [-0.39, 0.29) is 18.3 Å². The highest BCUT2D eigenvalue weighted by Crippen LogP contribution is 2.25. The summed E-state index contributed by atoms with van der Waals surface area (Å²) in [5.41, 5.74) is 7.40. The molecule has 0 aliphatic rings. The van der Waals surface area contributed by atoms with Crippen molar-refractivity contribution in [2.24, 2.45) is 0 Å². The summed E-state index contributed by atoms with van der Waals surface area (Å²) in [6.45, 7) is 0.309. The third-order valence-electron chi connectivity index (χ3n) is 3.54. The number of aromatic nitrogens is 5. The molecule has 3 rings (SSSR count). The number of halogens is 1. The number of pyridine rings is 1. The number of rotatable bonds is 5. The van der Waals surface area contributed by atoms with E-state index >= 15 is 0 Å². The minimum Gasteiger partial charge on any atom is -0.479 e. The van der Waals surface area contributed by atoms with Gasteiger partial charge in [-0.15, -0.1) is 0 Å².